The van der Waals surface area contributed by atoms with Crippen molar-refractivity contribution in [3.05, 3.63) is 100 Å². The molecular weight excluding hydrogens is 394 g/mol. The summed E-state index contributed by atoms with van der Waals surface area (Å²) in [6.45, 7) is 0.466. The zero-order chi connectivity index (χ0) is 20.1. The Morgan fingerprint density at radius 2 is 1.73 bits per heavy atom. The number of hydrogen-bond donors (Lipinski definition) is 0. The molecule has 30 heavy (non-hydrogen) atoms. The molecule has 0 fully saturated rings. The number of ether oxygens (including phenoxy) is 1. The Hall–Kier alpha value is -3.31. The van der Waals surface area contributed by atoms with E-state index in [4.69, 9.17) is 14.1 Å². The molecule has 5 heteroatoms. The third kappa shape index (κ3) is 2.70. The number of benzene rings is 3. The third-order valence-electron chi connectivity index (χ3n) is 5.67. The predicted molar refractivity (Wildman–Crippen MR) is 119 cm³/mol. The van der Waals surface area contributed by atoms with Gasteiger partial charge in [-0.1, -0.05) is 36.4 Å². The Labute approximate surface area is 177 Å². The van der Waals surface area contributed by atoms with E-state index in [1.165, 1.54) is 0 Å². The van der Waals surface area contributed by atoms with Crippen molar-refractivity contribution in [2.24, 2.45) is 10.9 Å². The van der Waals surface area contributed by atoms with E-state index in [1.807, 2.05) is 66.7 Å². The summed E-state index contributed by atoms with van der Waals surface area (Å²) < 4.78 is 12.0. The first-order valence-corrected chi connectivity index (χ1v) is 10.7. The van der Waals surface area contributed by atoms with Crippen LogP contribution in [-0.2, 0) is 0 Å². The largest absolute Gasteiger partial charge is 0.492 e. The van der Waals surface area contributed by atoms with Crippen LogP contribution in [0.2, 0.25) is 0 Å². The van der Waals surface area contributed by atoms with Crippen LogP contribution in [0.3, 0.4) is 0 Å². The van der Waals surface area contributed by atoms with Gasteiger partial charge in [-0.3, -0.25) is 9.79 Å². The first-order valence-electron chi connectivity index (χ1n) is 9.86. The van der Waals surface area contributed by atoms with E-state index in [-0.39, 0.29) is 16.6 Å². The summed E-state index contributed by atoms with van der Waals surface area (Å²) in [5.74, 6) is 0.766. The van der Waals surface area contributed by atoms with Crippen molar-refractivity contribution in [2.75, 3.05) is 6.61 Å². The third-order valence-corrected chi connectivity index (χ3v) is 7.11. The van der Waals surface area contributed by atoms with E-state index in [1.54, 1.807) is 18.0 Å². The monoisotopic (exact) mass is 411 g/mol. The van der Waals surface area contributed by atoms with Gasteiger partial charge in [-0.05, 0) is 36.4 Å². The highest BCUT2D eigenvalue weighted by Gasteiger charge is 2.38. The Balaban J connectivity index is 1.59. The van der Waals surface area contributed by atoms with Crippen molar-refractivity contribution in [1.29, 1.82) is 0 Å². The van der Waals surface area contributed by atoms with E-state index >= 15 is 0 Å². The van der Waals surface area contributed by atoms with E-state index in [2.05, 4.69) is 6.07 Å². The molecule has 2 atom stereocenters. The summed E-state index contributed by atoms with van der Waals surface area (Å²) >= 11 is 1.66. The molecule has 0 aliphatic carbocycles. The van der Waals surface area contributed by atoms with Crippen LogP contribution >= 0.6 is 11.8 Å². The first kappa shape index (κ1) is 17.5. The molecule has 0 saturated carbocycles. The summed E-state index contributed by atoms with van der Waals surface area (Å²) in [6, 6.07) is 23.4. The predicted octanol–water partition coefficient (Wildman–Crippen LogP) is 5.77. The van der Waals surface area contributed by atoms with Crippen LogP contribution in [-0.4, -0.2) is 12.3 Å². The molecule has 2 aliphatic heterocycles. The fourth-order valence-corrected chi connectivity index (χ4v) is 5.53. The zero-order valence-electron chi connectivity index (χ0n) is 15.9. The van der Waals surface area contributed by atoms with Crippen molar-refractivity contribution < 1.29 is 9.15 Å². The average Bonchev–Trinajstić information content (AvgIpc) is 2.96. The summed E-state index contributed by atoms with van der Waals surface area (Å²) in [5.41, 5.74) is 4.13. The standard InChI is InChI=1S/C25H17NO3S/c27-24-16-8-2-5-11-21(16)29-14-18(24)25-17-13-28-20-10-4-1-7-15(20)23(17)26-19-9-3-6-12-22(19)30-25/h1-12,14,17,25H,13H2/t17-,25-/m0/s1. The molecule has 4 nitrogen and oxygen atoms in total. The fraction of sp³-hybridized carbons (Fsp3) is 0.120. The molecule has 3 heterocycles. The minimum absolute atomic E-state index is 0.00643. The van der Waals surface area contributed by atoms with Crippen molar-refractivity contribution >= 4 is 34.1 Å². The average molecular weight is 411 g/mol. The highest BCUT2D eigenvalue weighted by Crippen LogP contribution is 2.49. The number of aliphatic imine (C=N–C) groups is 1. The second-order valence-corrected chi connectivity index (χ2v) is 8.62. The lowest BCUT2D eigenvalue weighted by molar-refractivity contribution is 0.271. The van der Waals surface area contributed by atoms with E-state index < -0.39 is 0 Å². The zero-order valence-corrected chi connectivity index (χ0v) is 16.8. The maximum Gasteiger partial charge on any atom is 0.197 e. The minimum Gasteiger partial charge on any atom is -0.492 e. The molecule has 0 spiro atoms. The molecule has 2 aliphatic rings. The van der Waals surface area contributed by atoms with Gasteiger partial charge >= 0.3 is 0 Å². The maximum atomic E-state index is 13.4. The first-order chi connectivity index (χ1) is 14.8. The van der Waals surface area contributed by atoms with Crippen LogP contribution in [0.1, 0.15) is 16.4 Å². The van der Waals surface area contributed by atoms with Gasteiger partial charge in [0.15, 0.2) is 5.43 Å². The lowest BCUT2D eigenvalue weighted by atomic mass is 9.88. The molecule has 0 bridgehead atoms. The summed E-state index contributed by atoms with van der Waals surface area (Å²) in [6.07, 6.45) is 1.62. The van der Waals surface area contributed by atoms with Crippen LogP contribution in [0.5, 0.6) is 5.75 Å². The highest BCUT2D eigenvalue weighted by molar-refractivity contribution is 7.99. The number of rotatable bonds is 1. The Kier molecular flexibility index (Phi) is 4.03. The Morgan fingerprint density at radius 1 is 0.933 bits per heavy atom. The van der Waals surface area contributed by atoms with E-state index in [0.717, 1.165) is 27.6 Å². The van der Waals surface area contributed by atoms with Crippen molar-refractivity contribution in [1.82, 2.24) is 0 Å². The van der Waals surface area contributed by atoms with Gasteiger partial charge in [0.2, 0.25) is 0 Å². The van der Waals surface area contributed by atoms with Crippen molar-refractivity contribution in [2.45, 2.75) is 10.1 Å². The Bertz CT molecular complexity index is 1370. The molecule has 0 unspecified atom stereocenters. The van der Waals surface area contributed by atoms with Crippen LogP contribution in [0.4, 0.5) is 5.69 Å². The van der Waals surface area contributed by atoms with Crippen LogP contribution in [0, 0.1) is 5.92 Å². The van der Waals surface area contributed by atoms with Gasteiger partial charge in [-0.25, -0.2) is 0 Å². The van der Waals surface area contributed by atoms with Crippen LogP contribution in [0.15, 0.2) is 98.2 Å². The number of hydrogen-bond acceptors (Lipinski definition) is 5. The molecule has 1 aromatic heterocycles. The fourth-order valence-electron chi connectivity index (χ4n) is 4.20. The summed E-state index contributed by atoms with van der Waals surface area (Å²) in [7, 11) is 0. The van der Waals surface area contributed by atoms with Crippen LogP contribution in [0.25, 0.3) is 11.0 Å². The normalized spacial score (nSPS) is 19.7. The maximum absolute atomic E-state index is 13.4. The minimum atomic E-state index is -0.165. The van der Waals surface area contributed by atoms with E-state index in [9.17, 15) is 4.79 Å². The number of thioether (sulfide) groups is 1. The van der Waals surface area contributed by atoms with Gasteiger partial charge in [0.05, 0.1) is 40.8 Å². The summed E-state index contributed by atoms with van der Waals surface area (Å²) in [4.78, 5) is 19.5. The molecule has 0 saturated heterocycles. The molecule has 0 N–H and O–H groups in total. The van der Waals surface area contributed by atoms with Gasteiger partial charge in [-0.15, -0.1) is 11.8 Å². The smallest absolute Gasteiger partial charge is 0.197 e. The highest BCUT2D eigenvalue weighted by atomic mass is 32.2. The molecule has 6 rings (SSSR count). The van der Waals surface area contributed by atoms with Gasteiger partial charge in [0.1, 0.15) is 11.3 Å². The lowest BCUT2D eigenvalue weighted by Crippen LogP contribution is -2.33. The van der Waals surface area contributed by atoms with Gasteiger partial charge in [0, 0.05) is 16.0 Å². The number of para-hydroxylation sites is 3. The molecule has 0 radical (unpaired) electrons. The SMILES string of the molecule is O=c1c([C@H]2Sc3ccccc3N=C3c4ccccc4OC[C@@H]32)coc2ccccc12. The molecule has 0 amide bonds. The molecule has 4 aromatic rings. The topological polar surface area (TPSA) is 51.8 Å². The van der Waals surface area contributed by atoms with Gasteiger partial charge < -0.3 is 9.15 Å². The molecule has 3 aromatic carbocycles. The quantitative estimate of drug-likeness (QED) is 0.399. The number of nitrogens with zero attached hydrogens (tertiary/aromatic N) is 1. The van der Waals surface area contributed by atoms with Crippen LogP contribution < -0.4 is 10.2 Å². The second-order valence-electron chi connectivity index (χ2n) is 7.43. The molecule has 146 valence electrons. The lowest BCUT2D eigenvalue weighted by Gasteiger charge is -2.31. The van der Waals surface area contributed by atoms with Crippen molar-refractivity contribution in [3.63, 3.8) is 0 Å². The van der Waals surface area contributed by atoms with Gasteiger partial charge in [-0.2, -0.15) is 0 Å². The van der Waals surface area contributed by atoms with Gasteiger partial charge in [0.25, 0.3) is 0 Å². The number of fused-ring (bicyclic) bond motifs is 5. The molecular formula is C25H17NO3S. The van der Waals surface area contributed by atoms with Crippen molar-refractivity contribution in [3.8, 4) is 5.75 Å². The van der Waals surface area contributed by atoms with E-state index in [0.29, 0.717) is 23.1 Å². The summed E-state index contributed by atoms with van der Waals surface area (Å²) in [5, 5.41) is 0.436. The second kappa shape index (κ2) is 6.89. The Morgan fingerprint density at radius 3 is 2.70 bits per heavy atom.